The fourth-order valence-electron chi connectivity index (χ4n) is 3.60. The zero-order chi connectivity index (χ0) is 13.9. The van der Waals surface area contributed by atoms with Gasteiger partial charge in [0.1, 0.15) is 6.10 Å². The van der Waals surface area contributed by atoms with Crippen molar-refractivity contribution in [3.63, 3.8) is 0 Å². The lowest BCUT2D eigenvalue weighted by Crippen LogP contribution is -2.43. The average Bonchev–Trinajstić information content (AvgIpc) is 2.43. The Morgan fingerprint density at radius 1 is 1.16 bits per heavy atom. The molecule has 2 aliphatic carbocycles. The molecule has 0 radical (unpaired) electrons. The highest BCUT2D eigenvalue weighted by molar-refractivity contribution is 5.77. The van der Waals surface area contributed by atoms with Crippen LogP contribution in [0.15, 0.2) is 0 Å². The summed E-state index contributed by atoms with van der Waals surface area (Å²) < 4.78 is 5.82. The quantitative estimate of drug-likeness (QED) is 0.798. The Hall–Kier alpha value is -0.570. The molecule has 0 heterocycles. The van der Waals surface area contributed by atoms with Crippen molar-refractivity contribution in [2.45, 2.75) is 71.3 Å². The summed E-state index contributed by atoms with van der Waals surface area (Å²) >= 11 is 0. The fraction of sp³-hybridized carbons (Fsp3) is 0.938. The van der Waals surface area contributed by atoms with Gasteiger partial charge in [0, 0.05) is 6.54 Å². The summed E-state index contributed by atoms with van der Waals surface area (Å²) in [7, 11) is 0. The van der Waals surface area contributed by atoms with Crippen molar-refractivity contribution < 1.29 is 9.53 Å². The van der Waals surface area contributed by atoms with Crippen LogP contribution in [0, 0.1) is 17.3 Å². The average molecular weight is 267 g/mol. The van der Waals surface area contributed by atoms with Crippen molar-refractivity contribution in [1.29, 1.82) is 0 Å². The molecule has 0 aromatic rings. The van der Waals surface area contributed by atoms with Crippen molar-refractivity contribution >= 4 is 5.97 Å². The maximum Gasteiger partial charge on any atom is 0.313 e. The van der Waals surface area contributed by atoms with E-state index in [1.54, 1.807) is 0 Å². The van der Waals surface area contributed by atoms with Crippen molar-refractivity contribution in [3.05, 3.63) is 0 Å². The molecule has 2 fully saturated rings. The number of rotatable bonds is 3. The lowest BCUT2D eigenvalue weighted by Gasteiger charge is -2.37. The summed E-state index contributed by atoms with van der Waals surface area (Å²) in [6.45, 7) is 5.01. The first-order valence-corrected chi connectivity index (χ1v) is 7.98. The minimum absolute atomic E-state index is 0.0125. The molecule has 110 valence electrons. The van der Waals surface area contributed by atoms with Crippen molar-refractivity contribution in [1.82, 2.24) is 0 Å². The highest BCUT2D eigenvalue weighted by atomic mass is 16.5. The van der Waals surface area contributed by atoms with Crippen LogP contribution < -0.4 is 5.73 Å². The second-order valence-electron chi connectivity index (χ2n) is 6.84. The van der Waals surface area contributed by atoms with E-state index in [9.17, 15) is 4.79 Å². The van der Waals surface area contributed by atoms with Gasteiger partial charge in [-0.2, -0.15) is 0 Å². The van der Waals surface area contributed by atoms with Crippen LogP contribution in [-0.2, 0) is 9.53 Å². The van der Waals surface area contributed by atoms with Crippen LogP contribution in [0.1, 0.15) is 65.2 Å². The second kappa shape index (κ2) is 6.25. The number of nitrogens with two attached hydrogens (primary N) is 1. The van der Waals surface area contributed by atoms with E-state index in [0.29, 0.717) is 12.5 Å². The number of hydrogen-bond acceptors (Lipinski definition) is 3. The molecular weight excluding hydrogens is 238 g/mol. The molecule has 0 amide bonds. The molecule has 2 rings (SSSR count). The Kier molecular flexibility index (Phi) is 4.88. The van der Waals surface area contributed by atoms with E-state index in [1.807, 2.05) is 0 Å². The van der Waals surface area contributed by atoms with Crippen LogP contribution in [0.25, 0.3) is 0 Å². The van der Waals surface area contributed by atoms with E-state index in [-0.39, 0.29) is 17.5 Å². The zero-order valence-electron chi connectivity index (χ0n) is 12.5. The summed E-state index contributed by atoms with van der Waals surface area (Å²) in [5, 5.41) is 0. The van der Waals surface area contributed by atoms with Gasteiger partial charge >= 0.3 is 5.97 Å². The summed E-state index contributed by atoms with van der Waals surface area (Å²) in [4.78, 5) is 12.5. The molecule has 0 spiro atoms. The predicted octanol–water partition coefficient (Wildman–Crippen LogP) is 3.26. The highest BCUT2D eigenvalue weighted by Crippen LogP contribution is 2.38. The Labute approximate surface area is 117 Å². The second-order valence-corrected chi connectivity index (χ2v) is 6.84. The maximum absolute atomic E-state index is 12.5. The van der Waals surface area contributed by atoms with E-state index in [0.717, 1.165) is 44.4 Å². The third-order valence-corrected chi connectivity index (χ3v) is 5.46. The monoisotopic (exact) mass is 267 g/mol. The molecule has 2 aliphatic rings. The van der Waals surface area contributed by atoms with E-state index in [4.69, 9.17) is 10.5 Å². The molecule has 3 unspecified atom stereocenters. The molecule has 3 nitrogen and oxygen atoms in total. The summed E-state index contributed by atoms with van der Waals surface area (Å²) in [5.74, 6) is 1.40. The number of carbonyl (C=O) groups excluding carboxylic acids is 1. The van der Waals surface area contributed by atoms with Crippen molar-refractivity contribution in [2.24, 2.45) is 23.0 Å². The van der Waals surface area contributed by atoms with Crippen molar-refractivity contribution in [2.75, 3.05) is 6.54 Å². The van der Waals surface area contributed by atoms with Gasteiger partial charge in [0.15, 0.2) is 0 Å². The fourth-order valence-corrected chi connectivity index (χ4v) is 3.60. The molecule has 0 aliphatic heterocycles. The predicted molar refractivity (Wildman–Crippen MR) is 76.6 cm³/mol. The summed E-state index contributed by atoms with van der Waals surface area (Å²) in [6, 6.07) is 0. The summed E-state index contributed by atoms with van der Waals surface area (Å²) in [6.07, 6.45) is 8.65. The van der Waals surface area contributed by atoms with Crippen molar-refractivity contribution in [3.8, 4) is 0 Å². The first-order chi connectivity index (χ1) is 9.07. The number of carbonyl (C=O) groups is 1. The third kappa shape index (κ3) is 3.31. The number of hydrogen-bond donors (Lipinski definition) is 1. The normalized spacial score (nSPS) is 34.8. The molecule has 0 aromatic carbocycles. The number of ether oxygens (including phenoxy) is 1. The SMILES string of the molecule is CC1CCC(OC(=O)C2(CN)CCCCC2)CC1C. The van der Waals surface area contributed by atoms with E-state index in [2.05, 4.69) is 13.8 Å². The molecule has 0 aromatic heterocycles. The topological polar surface area (TPSA) is 52.3 Å². The Balaban J connectivity index is 1.92. The first-order valence-electron chi connectivity index (χ1n) is 7.98. The lowest BCUT2D eigenvalue weighted by molar-refractivity contribution is -0.166. The lowest BCUT2D eigenvalue weighted by atomic mass is 9.74. The standard InChI is InChI=1S/C16H29NO2/c1-12-6-7-14(10-13(12)2)19-15(18)16(11-17)8-4-3-5-9-16/h12-14H,3-11,17H2,1-2H3. The molecule has 0 saturated heterocycles. The van der Waals surface area contributed by atoms with E-state index in [1.165, 1.54) is 12.8 Å². The van der Waals surface area contributed by atoms with Gasteiger partial charge in [-0.1, -0.05) is 33.1 Å². The minimum atomic E-state index is -0.370. The smallest absolute Gasteiger partial charge is 0.313 e. The maximum atomic E-state index is 12.5. The van der Waals surface area contributed by atoms with Crippen LogP contribution >= 0.6 is 0 Å². The van der Waals surface area contributed by atoms with Gasteiger partial charge in [-0.15, -0.1) is 0 Å². The van der Waals surface area contributed by atoms with Crippen LogP contribution in [0.2, 0.25) is 0 Å². The van der Waals surface area contributed by atoms with Crippen LogP contribution in [0.5, 0.6) is 0 Å². The minimum Gasteiger partial charge on any atom is -0.462 e. The van der Waals surface area contributed by atoms with Gasteiger partial charge in [-0.3, -0.25) is 4.79 Å². The Bertz CT molecular complexity index is 310. The number of esters is 1. The van der Waals surface area contributed by atoms with Gasteiger partial charge < -0.3 is 10.5 Å². The largest absolute Gasteiger partial charge is 0.462 e. The van der Waals surface area contributed by atoms with Crippen LogP contribution in [0.3, 0.4) is 0 Å². The highest BCUT2D eigenvalue weighted by Gasteiger charge is 2.41. The Morgan fingerprint density at radius 3 is 2.42 bits per heavy atom. The summed E-state index contributed by atoms with van der Waals surface area (Å²) in [5.41, 5.74) is 5.52. The molecule has 2 N–H and O–H groups in total. The van der Waals surface area contributed by atoms with Crippen LogP contribution in [-0.4, -0.2) is 18.6 Å². The third-order valence-electron chi connectivity index (χ3n) is 5.46. The van der Waals surface area contributed by atoms with Gasteiger partial charge in [0.2, 0.25) is 0 Å². The first kappa shape index (κ1) is 14.8. The molecule has 19 heavy (non-hydrogen) atoms. The molecule has 2 saturated carbocycles. The van der Waals surface area contributed by atoms with E-state index >= 15 is 0 Å². The molecule has 0 bridgehead atoms. The van der Waals surface area contributed by atoms with Gasteiger partial charge in [0.25, 0.3) is 0 Å². The van der Waals surface area contributed by atoms with Gasteiger partial charge in [-0.25, -0.2) is 0 Å². The molecular formula is C16H29NO2. The van der Waals surface area contributed by atoms with E-state index < -0.39 is 0 Å². The van der Waals surface area contributed by atoms with Gasteiger partial charge in [-0.05, 0) is 43.9 Å². The molecule has 3 heteroatoms. The zero-order valence-corrected chi connectivity index (χ0v) is 12.5. The van der Waals surface area contributed by atoms with Gasteiger partial charge in [0.05, 0.1) is 5.41 Å². The Morgan fingerprint density at radius 2 is 1.84 bits per heavy atom. The van der Waals surface area contributed by atoms with Crippen LogP contribution in [0.4, 0.5) is 0 Å². The molecule has 3 atom stereocenters.